The van der Waals surface area contributed by atoms with Crippen LogP contribution < -0.4 is 4.74 Å². The highest BCUT2D eigenvalue weighted by molar-refractivity contribution is 9.08. The van der Waals surface area contributed by atoms with Gasteiger partial charge in [0.05, 0.1) is 0 Å². The van der Waals surface area contributed by atoms with Crippen molar-refractivity contribution in [2.45, 2.75) is 18.7 Å². The zero-order chi connectivity index (χ0) is 12.1. The maximum Gasteiger partial charge on any atom is 0.321 e. The molecule has 0 N–H and O–H groups in total. The first-order valence-electron chi connectivity index (χ1n) is 5.45. The molecule has 4 heteroatoms. The molecule has 0 aliphatic heterocycles. The number of benzene rings is 1. The zero-order valence-corrected chi connectivity index (χ0v) is 11.1. The van der Waals surface area contributed by atoms with Gasteiger partial charge >= 0.3 is 6.01 Å². The highest BCUT2D eigenvalue weighted by atomic mass is 79.9. The Morgan fingerprint density at radius 1 is 1.06 bits per heavy atom. The Morgan fingerprint density at radius 2 is 1.71 bits per heavy atom. The number of rotatable bonds is 4. The van der Waals surface area contributed by atoms with Crippen molar-refractivity contribution in [1.82, 2.24) is 9.97 Å². The number of ether oxygens (including phenoxy) is 1. The van der Waals surface area contributed by atoms with Crippen molar-refractivity contribution in [2.75, 3.05) is 0 Å². The second-order valence-corrected chi connectivity index (χ2v) is 4.17. The van der Waals surface area contributed by atoms with E-state index < -0.39 is 0 Å². The van der Waals surface area contributed by atoms with Crippen LogP contribution in [0.4, 0.5) is 0 Å². The topological polar surface area (TPSA) is 35.0 Å². The maximum absolute atomic E-state index is 5.54. The first kappa shape index (κ1) is 12.0. The minimum absolute atomic E-state index is 0.374. The van der Waals surface area contributed by atoms with Crippen molar-refractivity contribution in [1.29, 1.82) is 0 Å². The van der Waals surface area contributed by atoms with Gasteiger partial charge in [-0.2, -0.15) is 0 Å². The molecule has 88 valence electrons. The van der Waals surface area contributed by atoms with Crippen molar-refractivity contribution in [3.8, 4) is 11.8 Å². The number of hydrogen-bond donors (Lipinski definition) is 0. The molecule has 17 heavy (non-hydrogen) atoms. The van der Waals surface area contributed by atoms with Crippen LogP contribution in [0.2, 0.25) is 0 Å². The van der Waals surface area contributed by atoms with E-state index in [0.29, 0.717) is 6.01 Å². The van der Waals surface area contributed by atoms with Crippen molar-refractivity contribution in [3.63, 3.8) is 0 Å². The van der Waals surface area contributed by atoms with Crippen LogP contribution in [-0.4, -0.2) is 9.97 Å². The molecule has 0 aliphatic rings. The molecule has 0 fully saturated rings. The van der Waals surface area contributed by atoms with E-state index in [0.717, 1.165) is 23.1 Å². The van der Waals surface area contributed by atoms with Crippen LogP contribution in [0.3, 0.4) is 0 Å². The van der Waals surface area contributed by atoms with Crippen LogP contribution in [0, 0.1) is 0 Å². The third-order valence-corrected chi connectivity index (χ3v) is 3.02. The summed E-state index contributed by atoms with van der Waals surface area (Å²) in [5.41, 5.74) is 2.31. The fourth-order valence-electron chi connectivity index (χ4n) is 1.36. The molecule has 2 aromatic rings. The minimum atomic E-state index is 0.374. The first-order valence-corrected chi connectivity index (χ1v) is 6.57. The predicted molar refractivity (Wildman–Crippen MR) is 70.6 cm³/mol. The second-order valence-electron chi connectivity index (χ2n) is 3.61. The molecular weight excluding hydrogens is 280 g/mol. The van der Waals surface area contributed by atoms with Gasteiger partial charge in [0.15, 0.2) is 0 Å². The normalized spacial score (nSPS) is 10.2. The third kappa shape index (κ3) is 3.27. The summed E-state index contributed by atoms with van der Waals surface area (Å²) < 4.78 is 5.54. The monoisotopic (exact) mass is 292 g/mol. The molecule has 2 rings (SSSR count). The number of alkyl halides is 1. The Labute approximate surface area is 109 Å². The number of nitrogens with zero attached hydrogens (tertiary/aromatic N) is 2. The van der Waals surface area contributed by atoms with E-state index in [9.17, 15) is 0 Å². The molecule has 0 spiro atoms. The summed E-state index contributed by atoms with van der Waals surface area (Å²) in [6, 6.07) is 8.32. The summed E-state index contributed by atoms with van der Waals surface area (Å²) in [5, 5.41) is 0.748. The predicted octanol–water partition coefficient (Wildman–Crippen LogP) is 3.73. The van der Waals surface area contributed by atoms with Gasteiger partial charge in [0.1, 0.15) is 5.75 Å². The molecule has 0 atom stereocenters. The molecule has 3 nitrogen and oxygen atoms in total. The Bertz CT molecular complexity index is 422. The Morgan fingerprint density at radius 3 is 2.24 bits per heavy atom. The van der Waals surface area contributed by atoms with Gasteiger partial charge in [-0.3, -0.25) is 0 Å². The van der Waals surface area contributed by atoms with Crippen LogP contribution in [-0.2, 0) is 11.8 Å². The summed E-state index contributed by atoms with van der Waals surface area (Å²) in [6.45, 7) is 2.12. The Kier molecular flexibility index (Phi) is 4.09. The largest absolute Gasteiger partial charge is 0.424 e. The molecule has 1 aromatic heterocycles. The summed E-state index contributed by atoms with van der Waals surface area (Å²) in [4.78, 5) is 8.25. The molecule has 0 amide bonds. The fraction of sp³-hybridized carbons (Fsp3) is 0.231. The quantitative estimate of drug-likeness (QED) is 0.806. The van der Waals surface area contributed by atoms with Gasteiger partial charge < -0.3 is 4.74 Å². The highest BCUT2D eigenvalue weighted by Gasteiger charge is 2.00. The van der Waals surface area contributed by atoms with Crippen LogP contribution in [0.1, 0.15) is 18.1 Å². The molecule has 0 aliphatic carbocycles. The van der Waals surface area contributed by atoms with Gasteiger partial charge in [-0.15, -0.1) is 0 Å². The average Bonchev–Trinajstić information content (AvgIpc) is 2.40. The molecule has 0 saturated heterocycles. The minimum Gasteiger partial charge on any atom is -0.424 e. The molecule has 0 radical (unpaired) electrons. The van der Waals surface area contributed by atoms with Crippen molar-refractivity contribution in [3.05, 3.63) is 47.8 Å². The fourth-order valence-corrected chi connectivity index (χ4v) is 1.65. The summed E-state index contributed by atoms with van der Waals surface area (Å²) in [7, 11) is 0. The van der Waals surface area contributed by atoms with E-state index >= 15 is 0 Å². The lowest BCUT2D eigenvalue weighted by atomic mass is 10.2. The van der Waals surface area contributed by atoms with Crippen LogP contribution in [0.15, 0.2) is 36.7 Å². The Hall–Kier alpha value is -1.42. The molecule has 0 bridgehead atoms. The van der Waals surface area contributed by atoms with Gasteiger partial charge in [0.25, 0.3) is 0 Å². The number of hydrogen-bond acceptors (Lipinski definition) is 3. The number of aryl methyl sites for hydroxylation is 1. The van der Waals surface area contributed by atoms with E-state index in [-0.39, 0.29) is 0 Å². The third-order valence-electron chi connectivity index (χ3n) is 2.38. The van der Waals surface area contributed by atoms with E-state index in [2.05, 4.69) is 32.8 Å². The molecule has 1 aromatic carbocycles. The van der Waals surface area contributed by atoms with Crippen molar-refractivity contribution < 1.29 is 4.74 Å². The molecular formula is C13H13BrN2O. The molecule has 0 saturated carbocycles. The lowest BCUT2D eigenvalue weighted by Gasteiger charge is -2.04. The van der Waals surface area contributed by atoms with E-state index in [1.807, 2.05) is 24.3 Å². The molecule has 0 unspecified atom stereocenters. The number of aromatic nitrogens is 2. The maximum atomic E-state index is 5.54. The van der Waals surface area contributed by atoms with Crippen LogP contribution in [0.25, 0.3) is 0 Å². The number of halogens is 1. The van der Waals surface area contributed by atoms with Crippen molar-refractivity contribution in [2.24, 2.45) is 0 Å². The molecule has 1 heterocycles. The Balaban J connectivity index is 2.08. The van der Waals surface area contributed by atoms with Crippen LogP contribution >= 0.6 is 15.9 Å². The van der Waals surface area contributed by atoms with Crippen molar-refractivity contribution >= 4 is 15.9 Å². The van der Waals surface area contributed by atoms with Gasteiger partial charge in [-0.1, -0.05) is 35.0 Å². The lowest BCUT2D eigenvalue weighted by molar-refractivity contribution is 0.441. The van der Waals surface area contributed by atoms with Gasteiger partial charge in [0.2, 0.25) is 0 Å². The highest BCUT2D eigenvalue weighted by Crippen LogP contribution is 2.18. The smallest absolute Gasteiger partial charge is 0.321 e. The van der Waals surface area contributed by atoms with E-state index in [1.165, 1.54) is 5.56 Å². The van der Waals surface area contributed by atoms with Gasteiger partial charge in [0, 0.05) is 17.7 Å². The van der Waals surface area contributed by atoms with Gasteiger partial charge in [-0.05, 0) is 29.7 Å². The first-order chi connectivity index (χ1) is 8.31. The zero-order valence-electron chi connectivity index (χ0n) is 9.56. The van der Waals surface area contributed by atoms with E-state index in [1.54, 1.807) is 12.4 Å². The summed E-state index contributed by atoms with van der Waals surface area (Å²) >= 11 is 3.34. The van der Waals surface area contributed by atoms with E-state index in [4.69, 9.17) is 4.74 Å². The van der Waals surface area contributed by atoms with Crippen LogP contribution in [0.5, 0.6) is 11.8 Å². The standard InChI is InChI=1S/C13H13BrN2O/c1-2-10-3-5-12(6-4-10)17-13-15-8-11(7-14)9-16-13/h3-6,8-9H,2,7H2,1H3. The lowest BCUT2D eigenvalue weighted by Crippen LogP contribution is -1.92. The second kappa shape index (κ2) is 5.77. The SMILES string of the molecule is CCc1ccc(Oc2ncc(CBr)cn2)cc1. The summed E-state index contributed by atoms with van der Waals surface area (Å²) in [5.74, 6) is 0.758. The van der Waals surface area contributed by atoms with Gasteiger partial charge in [-0.25, -0.2) is 9.97 Å². The average molecular weight is 293 g/mol. The summed E-state index contributed by atoms with van der Waals surface area (Å²) in [6.07, 6.45) is 4.52.